The van der Waals surface area contributed by atoms with Crippen LogP contribution in [0.3, 0.4) is 0 Å². The van der Waals surface area contributed by atoms with Crippen LogP contribution in [0.4, 0.5) is 11.5 Å². The van der Waals surface area contributed by atoms with E-state index in [-0.39, 0.29) is 17.9 Å². The molecule has 1 amide bonds. The summed E-state index contributed by atoms with van der Waals surface area (Å²) in [6, 6.07) is 8.67. The zero-order valence-corrected chi connectivity index (χ0v) is 15.4. The second-order valence-electron chi connectivity index (χ2n) is 6.64. The Kier molecular flexibility index (Phi) is 6.35. The number of benzene rings is 1. The number of carbonyl (C=O) groups is 2. The van der Waals surface area contributed by atoms with Crippen LogP contribution in [0, 0.1) is 0 Å². The van der Waals surface area contributed by atoms with Crippen molar-refractivity contribution in [3.63, 3.8) is 0 Å². The molecule has 0 spiro atoms. The largest absolute Gasteiger partial charge is 0.465 e. The van der Waals surface area contributed by atoms with Crippen LogP contribution >= 0.6 is 0 Å². The molecule has 1 aromatic heterocycles. The number of ether oxygens (including phenoxy) is 1. The highest BCUT2D eigenvalue weighted by atomic mass is 16.5. The maximum absolute atomic E-state index is 12.5. The first-order chi connectivity index (χ1) is 13.2. The molecule has 1 saturated carbocycles. The molecule has 142 valence electrons. The van der Waals surface area contributed by atoms with Gasteiger partial charge in [-0.05, 0) is 37.1 Å². The number of carbonyl (C=O) groups excluding carboxylic acids is 2. The minimum absolute atomic E-state index is 0.173. The van der Waals surface area contributed by atoms with E-state index in [4.69, 9.17) is 0 Å². The monoisotopic (exact) mass is 368 g/mol. The molecule has 1 fully saturated rings. The predicted molar refractivity (Wildman–Crippen MR) is 102 cm³/mol. The Morgan fingerprint density at radius 3 is 2.41 bits per heavy atom. The highest BCUT2D eigenvalue weighted by Gasteiger charge is 2.17. The summed E-state index contributed by atoms with van der Waals surface area (Å²) in [6.45, 7) is 0. The van der Waals surface area contributed by atoms with Crippen LogP contribution in [0.25, 0.3) is 0 Å². The average molecular weight is 368 g/mol. The molecule has 2 N–H and O–H groups in total. The van der Waals surface area contributed by atoms with Crippen LogP contribution in [-0.4, -0.2) is 35.0 Å². The van der Waals surface area contributed by atoms with Crippen LogP contribution < -0.4 is 10.6 Å². The van der Waals surface area contributed by atoms with Crippen molar-refractivity contribution in [1.29, 1.82) is 0 Å². The van der Waals surface area contributed by atoms with Crippen molar-refractivity contribution in [1.82, 2.24) is 15.3 Å². The van der Waals surface area contributed by atoms with Gasteiger partial charge in [0.25, 0.3) is 5.91 Å². The Balaban J connectivity index is 1.64. The Morgan fingerprint density at radius 2 is 1.74 bits per heavy atom. The van der Waals surface area contributed by atoms with Gasteiger partial charge in [-0.25, -0.2) is 14.8 Å². The Hall–Kier alpha value is -2.96. The van der Waals surface area contributed by atoms with Crippen molar-refractivity contribution in [3.8, 4) is 0 Å². The Morgan fingerprint density at radius 1 is 1.04 bits per heavy atom. The lowest BCUT2D eigenvalue weighted by molar-refractivity contribution is 0.0600. The number of rotatable bonds is 5. The summed E-state index contributed by atoms with van der Waals surface area (Å²) >= 11 is 0. The predicted octanol–water partition coefficient (Wildman–Crippen LogP) is 3.46. The SMILES string of the molecule is COC(=O)c1ccc(Nc2cc(C(=O)NC3CCCCCC3)ncn2)cc1. The molecule has 1 aliphatic carbocycles. The number of methoxy groups -OCH3 is 1. The van der Waals surface area contributed by atoms with Gasteiger partial charge in [-0.2, -0.15) is 0 Å². The van der Waals surface area contributed by atoms with Crippen LogP contribution in [0.2, 0.25) is 0 Å². The van der Waals surface area contributed by atoms with E-state index in [1.54, 1.807) is 30.3 Å². The van der Waals surface area contributed by atoms with Gasteiger partial charge in [-0.1, -0.05) is 25.7 Å². The van der Waals surface area contributed by atoms with E-state index in [0.717, 1.165) is 31.4 Å². The molecule has 27 heavy (non-hydrogen) atoms. The zero-order chi connectivity index (χ0) is 19.1. The lowest BCUT2D eigenvalue weighted by atomic mass is 10.1. The van der Waals surface area contributed by atoms with Gasteiger partial charge in [0.1, 0.15) is 17.8 Å². The molecule has 0 saturated heterocycles. The molecule has 1 aromatic carbocycles. The lowest BCUT2D eigenvalue weighted by Crippen LogP contribution is -2.34. The molecule has 0 unspecified atom stereocenters. The molecule has 7 nitrogen and oxygen atoms in total. The fourth-order valence-corrected chi connectivity index (χ4v) is 3.19. The summed E-state index contributed by atoms with van der Waals surface area (Å²) in [5.74, 6) is -0.0451. The minimum atomic E-state index is -0.388. The quantitative estimate of drug-likeness (QED) is 0.620. The van der Waals surface area contributed by atoms with Crippen LogP contribution in [0.1, 0.15) is 59.4 Å². The maximum Gasteiger partial charge on any atom is 0.337 e. The molecular formula is C20H24N4O3. The minimum Gasteiger partial charge on any atom is -0.465 e. The van der Waals surface area contributed by atoms with Gasteiger partial charge in [0.2, 0.25) is 0 Å². The number of aromatic nitrogens is 2. The van der Waals surface area contributed by atoms with E-state index in [2.05, 4.69) is 25.3 Å². The van der Waals surface area contributed by atoms with Gasteiger partial charge in [-0.3, -0.25) is 4.79 Å². The summed E-state index contributed by atoms with van der Waals surface area (Å²) in [5, 5.41) is 6.20. The molecule has 3 rings (SSSR count). The van der Waals surface area contributed by atoms with Gasteiger partial charge >= 0.3 is 5.97 Å². The van der Waals surface area contributed by atoms with E-state index in [9.17, 15) is 9.59 Å². The van der Waals surface area contributed by atoms with E-state index in [1.807, 2.05) is 0 Å². The first kappa shape index (κ1) is 18.8. The van der Waals surface area contributed by atoms with Crippen molar-refractivity contribution in [2.75, 3.05) is 12.4 Å². The average Bonchev–Trinajstić information content (AvgIpc) is 2.97. The van der Waals surface area contributed by atoms with Gasteiger partial charge in [0.05, 0.1) is 12.7 Å². The van der Waals surface area contributed by atoms with Gasteiger partial charge in [-0.15, -0.1) is 0 Å². The van der Waals surface area contributed by atoms with Gasteiger partial charge in [0, 0.05) is 17.8 Å². The first-order valence-electron chi connectivity index (χ1n) is 9.24. The summed E-state index contributed by atoms with van der Waals surface area (Å²) < 4.78 is 4.68. The van der Waals surface area contributed by atoms with Gasteiger partial charge < -0.3 is 15.4 Å². The Labute approximate surface area is 158 Å². The molecule has 1 heterocycles. The molecule has 0 aliphatic heterocycles. The molecule has 1 aliphatic rings. The second-order valence-corrected chi connectivity index (χ2v) is 6.64. The van der Waals surface area contributed by atoms with E-state index in [1.165, 1.54) is 26.3 Å². The number of amides is 1. The standard InChI is InChI=1S/C20H24N4O3/c1-27-20(26)14-8-10-16(11-9-14)23-18-12-17(21-13-22-18)19(25)24-15-6-4-2-3-5-7-15/h8-13,15H,2-7H2,1H3,(H,24,25)(H,21,22,23). The van der Waals surface area contributed by atoms with Gasteiger partial charge in [0.15, 0.2) is 0 Å². The third-order valence-corrected chi connectivity index (χ3v) is 4.67. The number of nitrogens with zero attached hydrogens (tertiary/aromatic N) is 2. The summed E-state index contributed by atoms with van der Waals surface area (Å²) in [6.07, 6.45) is 8.20. The van der Waals surface area contributed by atoms with Crippen LogP contribution in [0.15, 0.2) is 36.7 Å². The summed E-state index contributed by atoms with van der Waals surface area (Å²) in [7, 11) is 1.34. The molecule has 0 radical (unpaired) electrons. The van der Waals surface area contributed by atoms with Crippen molar-refractivity contribution >= 4 is 23.4 Å². The van der Waals surface area contributed by atoms with Crippen LogP contribution in [-0.2, 0) is 4.74 Å². The zero-order valence-electron chi connectivity index (χ0n) is 15.4. The fraction of sp³-hybridized carbons (Fsp3) is 0.400. The highest BCUT2D eigenvalue weighted by Crippen LogP contribution is 2.19. The molecular weight excluding hydrogens is 344 g/mol. The number of anilines is 2. The highest BCUT2D eigenvalue weighted by molar-refractivity contribution is 5.93. The second kappa shape index (κ2) is 9.12. The number of esters is 1. The number of hydrogen-bond acceptors (Lipinski definition) is 6. The number of nitrogens with one attached hydrogen (secondary N) is 2. The summed E-state index contributed by atoms with van der Waals surface area (Å²) in [4.78, 5) is 32.2. The van der Waals surface area contributed by atoms with Crippen molar-refractivity contribution in [3.05, 3.63) is 47.9 Å². The Bertz CT molecular complexity index is 784. The topological polar surface area (TPSA) is 93.2 Å². The maximum atomic E-state index is 12.5. The number of hydrogen-bond donors (Lipinski definition) is 2. The van der Waals surface area contributed by atoms with Crippen LogP contribution in [0.5, 0.6) is 0 Å². The normalized spacial score (nSPS) is 14.9. The third kappa shape index (κ3) is 5.26. The lowest BCUT2D eigenvalue weighted by Gasteiger charge is -2.16. The molecule has 7 heteroatoms. The first-order valence-corrected chi connectivity index (χ1v) is 9.24. The summed E-state index contributed by atoms with van der Waals surface area (Å²) in [5.41, 5.74) is 1.55. The van der Waals surface area contributed by atoms with Crippen molar-refractivity contribution < 1.29 is 14.3 Å². The van der Waals surface area contributed by atoms with E-state index in [0.29, 0.717) is 17.1 Å². The van der Waals surface area contributed by atoms with Crippen molar-refractivity contribution in [2.24, 2.45) is 0 Å². The molecule has 0 bridgehead atoms. The third-order valence-electron chi connectivity index (χ3n) is 4.67. The molecule has 2 aromatic rings. The van der Waals surface area contributed by atoms with Crippen molar-refractivity contribution in [2.45, 2.75) is 44.6 Å². The smallest absolute Gasteiger partial charge is 0.337 e. The molecule has 0 atom stereocenters. The van der Waals surface area contributed by atoms with E-state index >= 15 is 0 Å². The van der Waals surface area contributed by atoms with E-state index < -0.39 is 0 Å². The fourth-order valence-electron chi connectivity index (χ4n) is 3.19.